The molecular weight excluding hydrogens is 180 g/mol. The van der Waals surface area contributed by atoms with Crippen LogP contribution in [0, 0.1) is 12.3 Å². The first-order chi connectivity index (χ1) is 6.70. The second-order valence-corrected chi connectivity index (χ2v) is 3.24. The molecule has 1 aliphatic rings. The summed E-state index contributed by atoms with van der Waals surface area (Å²) in [5.41, 5.74) is 8.15. The number of amidine groups is 1. The fourth-order valence-corrected chi connectivity index (χ4v) is 1.59. The summed E-state index contributed by atoms with van der Waals surface area (Å²) in [5, 5.41) is 7.39. The third-order valence-electron chi connectivity index (χ3n) is 2.39. The summed E-state index contributed by atoms with van der Waals surface area (Å²) in [5.74, 6) is 0.912. The van der Waals surface area contributed by atoms with Crippen LogP contribution in [0.2, 0.25) is 0 Å². The van der Waals surface area contributed by atoms with Gasteiger partial charge in [-0.25, -0.2) is 0 Å². The van der Waals surface area contributed by atoms with Crippen molar-refractivity contribution in [1.82, 2.24) is 0 Å². The van der Waals surface area contributed by atoms with Crippen LogP contribution in [0.15, 0.2) is 12.1 Å². The molecule has 4 nitrogen and oxygen atoms in total. The molecule has 0 spiro atoms. The quantitative estimate of drug-likeness (QED) is 0.518. The lowest BCUT2D eigenvalue weighted by Crippen LogP contribution is -2.17. The summed E-state index contributed by atoms with van der Waals surface area (Å²) in [6, 6.07) is 3.64. The van der Waals surface area contributed by atoms with Crippen LogP contribution in [0.4, 0.5) is 0 Å². The van der Waals surface area contributed by atoms with Crippen molar-refractivity contribution in [2.75, 3.05) is 6.79 Å². The summed E-state index contributed by atoms with van der Waals surface area (Å²) in [7, 11) is 0. The van der Waals surface area contributed by atoms with Crippen molar-refractivity contribution in [3.8, 4) is 5.75 Å². The summed E-state index contributed by atoms with van der Waals surface area (Å²) < 4.78 is 10.5. The lowest BCUT2D eigenvalue weighted by Gasteiger charge is -2.20. The van der Waals surface area contributed by atoms with Crippen molar-refractivity contribution < 1.29 is 9.47 Å². The second-order valence-electron chi connectivity index (χ2n) is 3.24. The molecule has 0 radical (unpaired) electrons. The minimum Gasteiger partial charge on any atom is -0.467 e. The lowest BCUT2D eigenvalue weighted by atomic mass is 10.0. The maximum atomic E-state index is 7.39. The molecule has 0 unspecified atom stereocenters. The number of nitrogens with two attached hydrogens (primary N) is 1. The fourth-order valence-electron chi connectivity index (χ4n) is 1.59. The maximum absolute atomic E-state index is 7.39. The molecule has 3 N–H and O–H groups in total. The average molecular weight is 192 g/mol. The second kappa shape index (κ2) is 3.31. The van der Waals surface area contributed by atoms with E-state index in [1.807, 2.05) is 19.1 Å². The highest BCUT2D eigenvalue weighted by atomic mass is 16.7. The molecule has 0 fully saturated rings. The Bertz CT molecular complexity index is 388. The highest BCUT2D eigenvalue weighted by molar-refractivity contribution is 5.96. The third kappa shape index (κ3) is 1.33. The minimum atomic E-state index is 0.0795. The number of fused-ring (bicyclic) bond motifs is 1. The van der Waals surface area contributed by atoms with Gasteiger partial charge < -0.3 is 15.2 Å². The molecule has 14 heavy (non-hydrogen) atoms. The van der Waals surface area contributed by atoms with Crippen molar-refractivity contribution in [2.45, 2.75) is 13.5 Å². The zero-order chi connectivity index (χ0) is 10.1. The highest BCUT2D eigenvalue weighted by Crippen LogP contribution is 2.28. The fraction of sp³-hybridized carbons (Fsp3) is 0.300. The molecule has 4 heteroatoms. The number of rotatable bonds is 1. The van der Waals surface area contributed by atoms with Crippen LogP contribution in [0.25, 0.3) is 0 Å². The number of ether oxygens (including phenoxy) is 2. The Morgan fingerprint density at radius 2 is 2.29 bits per heavy atom. The Morgan fingerprint density at radius 3 is 3.00 bits per heavy atom. The first-order valence-corrected chi connectivity index (χ1v) is 4.37. The Morgan fingerprint density at radius 1 is 1.50 bits per heavy atom. The molecule has 0 saturated carbocycles. The van der Waals surface area contributed by atoms with E-state index >= 15 is 0 Å². The Labute approximate surface area is 82.1 Å². The van der Waals surface area contributed by atoms with Crippen molar-refractivity contribution in [2.24, 2.45) is 5.73 Å². The molecular formula is C10H12N2O2. The van der Waals surface area contributed by atoms with Crippen LogP contribution in [-0.4, -0.2) is 12.6 Å². The average Bonchev–Trinajstić information content (AvgIpc) is 2.18. The molecule has 0 amide bonds. The maximum Gasteiger partial charge on any atom is 0.189 e. The SMILES string of the molecule is Cc1c(C(=N)N)ccc2c1COCO2. The van der Waals surface area contributed by atoms with Gasteiger partial charge in [0.15, 0.2) is 6.79 Å². The van der Waals surface area contributed by atoms with E-state index in [0.717, 1.165) is 22.4 Å². The summed E-state index contributed by atoms with van der Waals surface area (Å²) in [4.78, 5) is 0. The molecule has 1 aliphatic heterocycles. The Kier molecular flexibility index (Phi) is 2.13. The van der Waals surface area contributed by atoms with Crippen molar-refractivity contribution >= 4 is 5.84 Å². The van der Waals surface area contributed by atoms with Gasteiger partial charge in [0.05, 0.1) is 6.61 Å². The van der Waals surface area contributed by atoms with E-state index in [0.29, 0.717) is 13.4 Å². The largest absolute Gasteiger partial charge is 0.467 e. The molecule has 1 aromatic rings. The summed E-state index contributed by atoms with van der Waals surface area (Å²) in [6.07, 6.45) is 0. The van der Waals surface area contributed by atoms with Gasteiger partial charge in [-0.05, 0) is 24.6 Å². The van der Waals surface area contributed by atoms with Gasteiger partial charge in [-0.3, -0.25) is 5.41 Å². The third-order valence-corrected chi connectivity index (χ3v) is 2.39. The standard InChI is InChI=1S/C10H12N2O2/c1-6-7(10(11)12)2-3-9-8(6)4-13-5-14-9/h2-3H,4-5H2,1H3,(H3,11,12). The highest BCUT2D eigenvalue weighted by Gasteiger charge is 2.15. The molecule has 1 heterocycles. The first-order valence-electron chi connectivity index (χ1n) is 4.37. The van der Waals surface area contributed by atoms with Crippen LogP contribution in [0.5, 0.6) is 5.75 Å². The summed E-state index contributed by atoms with van der Waals surface area (Å²) in [6.45, 7) is 2.75. The van der Waals surface area contributed by atoms with Crippen LogP contribution in [0.3, 0.4) is 0 Å². The van der Waals surface area contributed by atoms with E-state index < -0.39 is 0 Å². The molecule has 74 valence electrons. The van der Waals surface area contributed by atoms with E-state index in [9.17, 15) is 0 Å². The van der Waals surface area contributed by atoms with Gasteiger partial charge in [0, 0.05) is 11.1 Å². The number of benzene rings is 1. The zero-order valence-electron chi connectivity index (χ0n) is 7.96. The van der Waals surface area contributed by atoms with Crippen molar-refractivity contribution in [1.29, 1.82) is 5.41 Å². The molecule has 2 rings (SSSR count). The molecule has 1 aromatic carbocycles. The molecule has 0 aliphatic carbocycles. The van der Waals surface area contributed by atoms with Crippen LogP contribution < -0.4 is 10.5 Å². The first kappa shape index (κ1) is 9.02. The normalized spacial score (nSPS) is 14.4. The van der Waals surface area contributed by atoms with Crippen LogP contribution >= 0.6 is 0 Å². The van der Waals surface area contributed by atoms with Crippen LogP contribution in [0.1, 0.15) is 16.7 Å². The van der Waals surface area contributed by atoms with E-state index in [2.05, 4.69) is 0 Å². The zero-order valence-corrected chi connectivity index (χ0v) is 7.96. The summed E-state index contributed by atoms with van der Waals surface area (Å²) >= 11 is 0. The topological polar surface area (TPSA) is 68.3 Å². The molecule has 0 saturated heterocycles. The van der Waals surface area contributed by atoms with Gasteiger partial charge in [0.25, 0.3) is 0 Å². The van der Waals surface area contributed by atoms with Gasteiger partial charge in [-0.2, -0.15) is 0 Å². The molecule has 0 bridgehead atoms. The minimum absolute atomic E-state index is 0.0795. The Hall–Kier alpha value is -1.55. The van der Waals surface area contributed by atoms with Gasteiger partial charge >= 0.3 is 0 Å². The molecule has 0 atom stereocenters. The predicted octanol–water partition coefficient (Wildman–Crippen LogP) is 1.15. The number of hydrogen-bond acceptors (Lipinski definition) is 3. The smallest absolute Gasteiger partial charge is 0.189 e. The number of hydrogen-bond donors (Lipinski definition) is 2. The number of nitrogens with one attached hydrogen (secondary N) is 1. The van der Waals surface area contributed by atoms with E-state index in [1.165, 1.54) is 0 Å². The van der Waals surface area contributed by atoms with Gasteiger partial charge in [0.2, 0.25) is 0 Å². The predicted molar refractivity (Wildman–Crippen MR) is 52.5 cm³/mol. The monoisotopic (exact) mass is 192 g/mol. The van der Waals surface area contributed by atoms with E-state index in [1.54, 1.807) is 0 Å². The van der Waals surface area contributed by atoms with Gasteiger partial charge in [-0.15, -0.1) is 0 Å². The van der Waals surface area contributed by atoms with E-state index in [4.69, 9.17) is 20.6 Å². The number of nitrogen functional groups attached to an aromatic ring is 1. The Balaban J connectivity index is 2.54. The van der Waals surface area contributed by atoms with Gasteiger partial charge in [0.1, 0.15) is 11.6 Å². The van der Waals surface area contributed by atoms with Crippen molar-refractivity contribution in [3.05, 3.63) is 28.8 Å². The molecule has 0 aromatic heterocycles. The lowest BCUT2D eigenvalue weighted by molar-refractivity contribution is -0.0167. The van der Waals surface area contributed by atoms with Crippen LogP contribution in [-0.2, 0) is 11.3 Å². The van der Waals surface area contributed by atoms with E-state index in [-0.39, 0.29) is 5.84 Å². The van der Waals surface area contributed by atoms with Crippen molar-refractivity contribution in [3.63, 3.8) is 0 Å². The van der Waals surface area contributed by atoms with Gasteiger partial charge in [-0.1, -0.05) is 0 Å².